The van der Waals surface area contributed by atoms with E-state index >= 15 is 0 Å². The van der Waals surface area contributed by atoms with Gasteiger partial charge in [0.15, 0.2) is 0 Å². The van der Waals surface area contributed by atoms with Gasteiger partial charge in [0.2, 0.25) is 5.91 Å². The van der Waals surface area contributed by atoms with E-state index in [2.05, 4.69) is 29.1 Å². The van der Waals surface area contributed by atoms with Crippen LogP contribution in [0.5, 0.6) is 0 Å². The van der Waals surface area contributed by atoms with Crippen molar-refractivity contribution in [3.8, 4) is 0 Å². The Bertz CT molecular complexity index is 629. The highest BCUT2D eigenvalue weighted by Gasteiger charge is 2.21. The summed E-state index contributed by atoms with van der Waals surface area (Å²) < 4.78 is 0. The molecule has 0 bridgehead atoms. The maximum absolute atomic E-state index is 12.3. The van der Waals surface area contributed by atoms with Gasteiger partial charge in [-0.05, 0) is 26.0 Å². The second-order valence-electron chi connectivity index (χ2n) is 5.79. The molecule has 2 unspecified atom stereocenters. The molecule has 1 amide bonds. The number of rotatable bonds is 4. The zero-order valence-corrected chi connectivity index (χ0v) is 15.0. The van der Waals surface area contributed by atoms with E-state index in [9.17, 15) is 4.79 Å². The molecule has 2 aromatic rings. The molecule has 0 saturated carbocycles. The Kier molecular flexibility index (Phi) is 6.33. The summed E-state index contributed by atoms with van der Waals surface area (Å²) in [7, 11) is 0. The van der Waals surface area contributed by atoms with E-state index in [1.807, 2.05) is 29.2 Å². The third-order valence-corrected chi connectivity index (χ3v) is 5.11. The van der Waals surface area contributed by atoms with Crippen molar-refractivity contribution in [2.24, 2.45) is 0 Å². The number of nitrogens with zero attached hydrogens (tertiary/aromatic N) is 2. The number of fused-ring (bicyclic) bond motifs is 1. The smallest absolute Gasteiger partial charge is 0.232 e. The summed E-state index contributed by atoms with van der Waals surface area (Å²) in [5, 5.41) is 3.53. The number of amides is 1. The number of benzene rings is 1. The minimum absolute atomic E-state index is 0. The molecule has 0 aliphatic carbocycles. The van der Waals surface area contributed by atoms with Crippen molar-refractivity contribution in [1.82, 2.24) is 20.2 Å². The van der Waals surface area contributed by atoms with Gasteiger partial charge in [-0.1, -0.05) is 12.1 Å². The normalized spacial score (nSPS) is 19.4. The van der Waals surface area contributed by atoms with Gasteiger partial charge in [-0.25, -0.2) is 4.98 Å². The molecule has 0 spiro atoms. The monoisotopic (exact) mass is 354 g/mol. The van der Waals surface area contributed by atoms with E-state index < -0.39 is 0 Å². The maximum Gasteiger partial charge on any atom is 0.232 e. The Hall–Kier alpha value is -1.24. The van der Waals surface area contributed by atoms with E-state index in [-0.39, 0.29) is 23.6 Å². The largest absolute Gasteiger partial charge is 0.341 e. The molecule has 2 N–H and O–H groups in total. The van der Waals surface area contributed by atoms with Crippen LogP contribution in [0.4, 0.5) is 0 Å². The molecule has 23 heavy (non-hydrogen) atoms. The van der Waals surface area contributed by atoms with Gasteiger partial charge in [-0.3, -0.25) is 4.79 Å². The predicted molar refractivity (Wildman–Crippen MR) is 98.3 cm³/mol. The third-order valence-electron chi connectivity index (χ3n) is 3.97. The van der Waals surface area contributed by atoms with Crippen molar-refractivity contribution in [2.75, 3.05) is 25.4 Å². The molecule has 0 radical (unpaired) electrons. The maximum atomic E-state index is 12.3. The number of imidazole rings is 1. The first-order valence-electron chi connectivity index (χ1n) is 7.71. The highest BCUT2D eigenvalue weighted by atomic mass is 35.5. The summed E-state index contributed by atoms with van der Waals surface area (Å²) in [6, 6.07) is 8.39. The minimum atomic E-state index is 0. The third kappa shape index (κ3) is 4.40. The summed E-state index contributed by atoms with van der Waals surface area (Å²) in [4.78, 5) is 22.2. The quantitative estimate of drug-likeness (QED) is 0.886. The van der Waals surface area contributed by atoms with E-state index in [0.717, 1.165) is 36.5 Å². The molecule has 1 aliphatic heterocycles. The Balaban J connectivity index is 0.00000192. The predicted octanol–water partition coefficient (Wildman–Crippen LogP) is 2.60. The van der Waals surface area contributed by atoms with Crippen molar-refractivity contribution in [3.63, 3.8) is 0 Å². The number of thioether (sulfide) groups is 1. The minimum Gasteiger partial charge on any atom is -0.341 e. The molecular formula is C16H23ClN4OS. The van der Waals surface area contributed by atoms with Crippen LogP contribution in [-0.4, -0.2) is 52.2 Å². The number of carbonyl (C=O) groups excluding carboxylic acids is 1. The van der Waals surface area contributed by atoms with Crippen LogP contribution in [0.2, 0.25) is 0 Å². The Labute approximate surface area is 147 Å². The zero-order chi connectivity index (χ0) is 15.5. The van der Waals surface area contributed by atoms with Gasteiger partial charge in [0.1, 0.15) is 5.82 Å². The molecule has 3 rings (SSSR count). The number of aromatic nitrogens is 2. The van der Waals surface area contributed by atoms with Crippen LogP contribution in [0.15, 0.2) is 24.3 Å². The number of nitrogens with one attached hydrogen (secondary N) is 2. The number of halogens is 1. The van der Waals surface area contributed by atoms with Gasteiger partial charge in [0.25, 0.3) is 0 Å². The fourth-order valence-electron chi connectivity index (χ4n) is 2.69. The average Bonchev–Trinajstić information content (AvgIpc) is 2.96. The first-order chi connectivity index (χ1) is 10.6. The molecule has 1 fully saturated rings. The first-order valence-corrected chi connectivity index (χ1v) is 8.76. The Morgan fingerprint density at radius 2 is 2.26 bits per heavy atom. The number of carbonyl (C=O) groups is 1. The van der Waals surface area contributed by atoms with Crippen molar-refractivity contribution >= 4 is 41.1 Å². The average molecular weight is 355 g/mol. The molecular weight excluding hydrogens is 332 g/mol. The lowest BCUT2D eigenvalue weighted by molar-refractivity contribution is -0.129. The van der Waals surface area contributed by atoms with Crippen molar-refractivity contribution in [2.45, 2.75) is 25.1 Å². The van der Waals surface area contributed by atoms with Gasteiger partial charge >= 0.3 is 0 Å². The summed E-state index contributed by atoms with van der Waals surface area (Å²) in [5.41, 5.74) is 2.03. The molecule has 7 heteroatoms. The van der Waals surface area contributed by atoms with E-state index in [4.69, 9.17) is 0 Å². The standard InChI is InChI=1S/C16H22N4OS.ClH/c1-11-9-20(8-7-17-11)15(21)10-22-12(2)16-18-13-5-3-4-6-14(13)19-16;/h3-6,11-12,17H,7-10H2,1-2H3,(H,18,19);1H. The summed E-state index contributed by atoms with van der Waals surface area (Å²) in [6.07, 6.45) is 0. The lowest BCUT2D eigenvalue weighted by Crippen LogP contribution is -2.51. The van der Waals surface area contributed by atoms with Gasteiger partial charge in [-0.15, -0.1) is 24.2 Å². The molecule has 1 aromatic heterocycles. The van der Waals surface area contributed by atoms with E-state index in [0.29, 0.717) is 11.8 Å². The van der Waals surface area contributed by atoms with Crippen LogP contribution in [0, 0.1) is 0 Å². The number of para-hydroxylation sites is 2. The lowest BCUT2D eigenvalue weighted by Gasteiger charge is -2.32. The lowest BCUT2D eigenvalue weighted by atomic mass is 10.2. The zero-order valence-electron chi connectivity index (χ0n) is 13.4. The molecule has 1 aromatic carbocycles. The van der Waals surface area contributed by atoms with E-state index in [1.165, 1.54) is 0 Å². The van der Waals surface area contributed by atoms with Crippen LogP contribution in [0.1, 0.15) is 24.9 Å². The molecule has 2 heterocycles. The van der Waals surface area contributed by atoms with Crippen LogP contribution in [0.25, 0.3) is 11.0 Å². The summed E-state index contributed by atoms with van der Waals surface area (Å²) in [5.74, 6) is 1.67. The van der Waals surface area contributed by atoms with Gasteiger partial charge in [-0.2, -0.15) is 0 Å². The van der Waals surface area contributed by atoms with Gasteiger partial charge in [0.05, 0.1) is 22.0 Å². The number of hydrogen-bond acceptors (Lipinski definition) is 4. The molecule has 126 valence electrons. The van der Waals surface area contributed by atoms with Crippen LogP contribution < -0.4 is 5.32 Å². The van der Waals surface area contributed by atoms with Gasteiger partial charge in [0, 0.05) is 25.7 Å². The number of aromatic amines is 1. The Morgan fingerprint density at radius 3 is 3.00 bits per heavy atom. The van der Waals surface area contributed by atoms with Crippen LogP contribution >= 0.6 is 24.2 Å². The highest BCUT2D eigenvalue weighted by molar-refractivity contribution is 8.00. The topological polar surface area (TPSA) is 61.0 Å². The number of piperazine rings is 1. The molecule has 5 nitrogen and oxygen atoms in total. The van der Waals surface area contributed by atoms with E-state index in [1.54, 1.807) is 11.8 Å². The SMILES string of the molecule is CC1CN(C(=O)CSC(C)c2nc3ccccc3[nH]2)CCN1.Cl. The Morgan fingerprint density at radius 1 is 1.48 bits per heavy atom. The fourth-order valence-corrected chi connectivity index (χ4v) is 3.54. The van der Waals surface area contributed by atoms with Crippen LogP contribution in [0.3, 0.4) is 0 Å². The van der Waals surface area contributed by atoms with Crippen molar-refractivity contribution in [3.05, 3.63) is 30.1 Å². The van der Waals surface area contributed by atoms with Crippen LogP contribution in [-0.2, 0) is 4.79 Å². The molecule has 1 aliphatic rings. The summed E-state index contributed by atoms with van der Waals surface area (Å²) in [6.45, 7) is 6.71. The number of hydrogen-bond donors (Lipinski definition) is 2. The molecule has 2 atom stereocenters. The van der Waals surface area contributed by atoms with Crippen molar-refractivity contribution in [1.29, 1.82) is 0 Å². The highest BCUT2D eigenvalue weighted by Crippen LogP contribution is 2.27. The second kappa shape index (κ2) is 8.04. The second-order valence-corrected chi connectivity index (χ2v) is 7.12. The number of H-pyrrole nitrogens is 1. The fraction of sp³-hybridized carbons (Fsp3) is 0.500. The van der Waals surface area contributed by atoms with Crippen molar-refractivity contribution < 1.29 is 4.79 Å². The molecule has 1 saturated heterocycles. The van der Waals surface area contributed by atoms with Gasteiger partial charge < -0.3 is 15.2 Å². The summed E-state index contributed by atoms with van der Waals surface area (Å²) >= 11 is 1.64. The first kappa shape index (κ1) is 18.1.